The number of hydrogen-bond acceptors (Lipinski definition) is 5. The molecule has 0 radical (unpaired) electrons. The average molecular weight is 472 g/mol. The first kappa shape index (κ1) is 23.1. The quantitative estimate of drug-likeness (QED) is 0.533. The van der Waals surface area contributed by atoms with Crippen molar-refractivity contribution in [1.82, 2.24) is 4.90 Å². The van der Waals surface area contributed by atoms with Crippen molar-refractivity contribution in [1.29, 1.82) is 0 Å². The summed E-state index contributed by atoms with van der Waals surface area (Å²) in [7, 11) is 1.55. The van der Waals surface area contributed by atoms with Crippen LogP contribution in [0.3, 0.4) is 0 Å². The molecule has 7 nitrogen and oxygen atoms in total. The number of hydrogen-bond donors (Lipinski definition) is 2. The first-order chi connectivity index (χ1) is 17.1. The predicted molar refractivity (Wildman–Crippen MR) is 136 cm³/mol. The second-order valence-electron chi connectivity index (χ2n) is 9.01. The van der Waals surface area contributed by atoms with E-state index in [9.17, 15) is 9.59 Å². The minimum absolute atomic E-state index is 0.121. The maximum absolute atomic E-state index is 12.8. The molecule has 5 rings (SSSR count). The van der Waals surface area contributed by atoms with Gasteiger partial charge in [-0.25, -0.2) is 0 Å². The van der Waals surface area contributed by atoms with Crippen LogP contribution >= 0.6 is 0 Å². The van der Waals surface area contributed by atoms with E-state index in [0.29, 0.717) is 29.2 Å². The Morgan fingerprint density at radius 1 is 0.914 bits per heavy atom. The van der Waals surface area contributed by atoms with Crippen LogP contribution in [-0.4, -0.2) is 55.7 Å². The molecule has 35 heavy (non-hydrogen) atoms. The van der Waals surface area contributed by atoms with Crippen molar-refractivity contribution >= 4 is 23.2 Å². The lowest BCUT2D eigenvalue weighted by Gasteiger charge is -2.31. The summed E-state index contributed by atoms with van der Waals surface area (Å²) in [5, 5.41) is 5.85. The Morgan fingerprint density at radius 3 is 2.29 bits per heavy atom. The summed E-state index contributed by atoms with van der Waals surface area (Å²) >= 11 is 0. The van der Waals surface area contributed by atoms with Crippen molar-refractivity contribution in [2.24, 2.45) is 0 Å². The highest BCUT2D eigenvalue weighted by Crippen LogP contribution is 2.29. The molecule has 0 saturated carbocycles. The van der Waals surface area contributed by atoms with E-state index in [1.54, 1.807) is 37.4 Å². The number of fused-ring (bicyclic) bond motifs is 2. The Bertz CT molecular complexity index is 1180. The Hall–Kier alpha value is -3.68. The fourth-order valence-electron chi connectivity index (χ4n) is 4.75. The number of carbonyl (C=O) groups excluding carboxylic acids is 2. The van der Waals surface area contributed by atoms with Crippen molar-refractivity contribution in [2.75, 3.05) is 37.4 Å². The van der Waals surface area contributed by atoms with Crippen LogP contribution in [-0.2, 0) is 9.53 Å². The van der Waals surface area contributed by atoms with Crippen LogP contribution in [0.25, 0.3) is 11.1 Å². The number of amides is 2. The number of nitrogens with zero attached hydrogens (tertiary/aromatic N) is 1. The van der Waals surface area contributed by atoms with E-state index in [2.05, 4.69) is 15.5 Å². The van der Waals surface area contributed by atoms with Gasteiger partial charge in [0, 0.05) is 24.3 Å². The zero-order chi connectivity index (χ0) is 24.2. The van der Waals surface area contributed by atoms with Crippen LogP contribution in [0.2, 0.25) is 0 Å². The molecule has 2 fully saturated rings. The second kappa shape index (κ2) is 10.3. The molecule has 2 bridgehead atoms. The summed E-state index contributed by atoms with van der Waals surface area (Å²) in [5.74, 6) is 0.186. The smallest absolute Gasteiger partial charge is 0.255 e. The van der Waals surface area contributed by atoms with Crippen LogP contribution in [0.1, 0.15) is 23.2 Å². The lowest BCUT2D eigenvalue weighted by molar-refractivity contribution is -0.119. The van der Waals surface area contributed by atoms with E-state index >= 15 is 0 Å². The molecule has 0 aromatic heterocycles. The molecular formula is C28H29N3O4. The van der Waals surface area contributed by atoms with Crippen LogP contribution in [0.15, 0.2) is 72.8 Å². The summed E-state index contributed by atoms with van der Waals surface area (Å²) in [6, 6.07) is 22.7. The van der Waals surface area contributed by atoms with Gasteiger partial charge in [0.1, 0.15) is 5.75 Å². The lowest BCUT2D eigenvalue weighted by atomic mass is 10.0. The maximum Gasteiger partial charge on any atom is 0.255 e. The lowest BCUT2D eigenvalue weighted by Crippen LogP contribution is -2.45. The van der Waals surface area contributed by atoms with E-state index in [1.807, 2.05) is 42.5 Å². The topological polar surface area (TPSA) is 79.9 Å². The van der Waals surface area contributed by atoms with E-state index in [1.165, 1.54) is 0 Å². The fourth-order valence-corrected chi connectivity index (χ4v) is 4.75. The summed E-state index contributed by atoms with van der Waals surface area (Å²) in [4.78, 5) is 27.7. The molecule has 7 heteroatoms. The number of ether oxygens (including phenoxy) is 2. The number of morpholine rings is 1. The Labute approximate surface area is 205 Å². The number of benzene rings is 3. The van der Waals surface area contributed by atoms with Crippen LogP contribution in [0.5, 0.6) is 5.75 Å². The molecule has 0 spiro atoms. The van der Waals surface area contributed by atoms with Gasteiger partial charge in [-0.3, -0.25) is 14.5 Å². The van der Waals surface area contributed by atoms with Gasteiger partial charge in [0.2, 0.25) is 5.91 Å². The number of likely N-dealkylation sites (tertiary alicyclic amines) is 1. The monoisotopic (exact) mass is 471 g/mol. The van der Waals surface area contributed by atoms with Gasteiger partial charge in [0.15, 0.2) is 0 Å². The fraction of sp³-hybridized carbons (Fsp3) is 0.286. The van der Waals surface area contributed by atoms with Crippen molar-refractivity contribution < 1.29 is 19.1 Å². The highest BCUT2D eigenvalue weighted by molar-refractivity contribution is 6.05. The van der Waals surface area contributed by atoms with Crippen molar-refractivity contribution in [3.63, 3.8) is 0 Å². The molecule has 2 aliphatic heterocycles. The molecule has 2 N–H and O–H groups in total. The molecule has 3 aromatic carbocycles. The van der Waals surface area contributed by atoms with E-state index in [0.717, 1.165) is 37.1 Å². The van der Waals surface area contributed by atoms with Crippen LogP contribution in [0.4, 0.5) is 11.4 Å². The second-order valence-corrected chi connectivity index (χ2v) is 9.01. The van der Waals surface area contributed by atoms with Crippen molar-refractivity contribution in [2.45, 2.75) is 25.0 Å². The molecule has 2 aliphatic rings. The largest absolute Gasteiger partial charge is 0.495 e. The van der Waals surface area contributed by atoms with Gasteiger partial charge in [0.05, 0.1) is 31.5 Å². The maximum atomic E-state index is 12.8. The van der Waals surface area contributed by atoms with Gasteiger partial charge >= 0.3 is 0 Å². The van der Waals surface area contributed by atoms with Gasteiger partial charge in [-0.2, -0.15) is 0 Å². The summed E-state index contributed by atoms with van der Waals surface area (Å²) < 4.78 is 11.3. The summed E-state index contributed by atoms with van der Waals surface area (Å²) in [6.07, 6.45) is 2.59. The molecule has 180 valence electrons. The number of carbonyl (C=O) groups is 2. The molecule has 2 amide bonds. The third-order valence-corrected chi connectivity index (χ3v) is 6.47. The third kappa shape index (κ3) is 5.53. The minimum atomic E-state index is -0.226. The standard InChI is InChI=1S/C28H29N3O4/c1-34-26-14-11-22(15-25(26)30-27(32)18-31-16-23-12-13-24(17-31)35-23)29-28(33)21-9-7-20(8-10-21)19-5-3-2-4-6-19/h2-11,14-15,23-24H,12-13,16-18H2,1H3,(H,29,33)(H,30,32). The zero-order valence-electron chi connectivity index (χ0n) is 19.7. The third-order valence-electron chi connectivity index (χ3n) is 6.47. The van der Waals surface area contributed by atoms with Crippen molar-refractivity contribution in [3.8, 4) is 16.9 Å². The highest BCUT2D eigenvalue weighted by atomic mass is 16.5. The highest BCUT2D eigenvalue weighted by Gasteiger charge is 2.34. The summed E-state index contributed by atoms with van der Waals surface area (Å²) in [6.45, 7) is 1.85. The average Bonchev–Trinajstić information content (AvgIpc) is 3.22. The first-order valence-corrected chi connectivity index (χ1v) is 11.9. The Morgan fingerprint density at radius 2 is 1.60 bits per heavy atom. The summed E-state index contributed by atoms with van der Waals surface area (Å²) in [5.41, 5.74) is 3.78. The molecule has 2 heterocycles. The number of nitrogens with one attached hydrogen (secondary N) is 2. The molecule has 3 aromatic rings. The van der Waals surface area contributed by atoms with E-state index in [-0.39, 0.29) is 24.0 Å². The normalized spacial score (nSPS) is 19.2. The van der Waals surface area contributed by atoms with E-state index < -0.39 is 0 Å². The van der Waals surface area contributed by atoms with Gasteiger partial charge < -0.3 is 20.1 Å². The van der Waals surface area contributed by atoms with Crippen LogP contribution < -0.4 is 15.4 Å². The molecule has 2 unspecified atom stereocenters. The van der Waals surface area contributed by atoms with Gasteiger partial charge in [-0.1, -0.05) is 42.5 Å². The van der Waals surface area contributed by atoms with Crippen molar-refractivity contribution in [3.05, 3.63) is 78.4 Å². The van der Waals surface area contributed by atoms with Gasteiger partial charge in [-0.15, -0.1) is 0 Å². The minimum Gasteiger partial charge on any atom is -0.495 e. The van der Waals surface area contributed by atoms with Gasteiger partial charge in [0.25, 0.3) is 5.91 Å². The van der Waals surface area contributed by atoms with Crippen LogP contribution in [0, 0.1) is 0 Å². The number of methoxy groups -OCH3 is 1. The predicted octanol–water partition coefficient (Wildman–Crippen LogP) is 4.42. The SMILES string of the molecule is COc1ccc(NC(=O)c2ccc(-c3ccccc3)cc2)cc1NC(=O)CN1CC2CCC(C1)O2. The molecule has 2 saturated heterocycles. The molecule has 0 aliphatic carbocycles. The molecule has 2 atom stereocenters. The number of rotatable bonds is 7. The van der Waals surface area contributed by atoms with Gasteiger partial charge in [-0.05, 0) is 54.3 Å². The molecular weight excluding hydrogens is 442 g/mol. The first-order valence-electron chi connectivity index (χ1n) is 11.9. The van der Waals surface area contributed by atoms with E-state index in [4.69, 9.17) is 9.47 Å². The zero-order valence-corrected chi connectivity index (χ0v) is 19.7. The Balaban J connectivity index is 1.23. The number of anilines is 2. The Kier molecular flexibility index (Phi) is 6.79.